The topological polar surface area (TPSA) is 9.23 Å². The first-order chi connectivity index (χ1) is 5.64. The maximum atomic E-state index is 5.96. The van der Waals surface area contributed by atoms with Gasteiger partial charge in [-0.1, -0.05) is 33.6 Å². The largest absolute Gasteiger partial charge is 0.417 e. The van der Waals surface area contributed by atoms with Gasteiger partial charge in [0.05, 0.1) is 0 Å². The van der Waals surface area contributed by atoms with Crippen LogP contribution < -0.4 is 0 Å². The van der Waals surface area contributed by atoms with Crippen molar-refractivity contribution in [2.45, 2.75) is 58.7 Å². The molecule has 0 heterocycles. The van der Waals surface area contributed by atoms with Gasteiger partial charge < -0.3 is 4.43 Å². The molecule has 0 saturated heterocycles. The molecule has 0 amide bonds. The highest BCUT2D eigenvalue weighted by molar-refractivity contribution is 6.73. The van der Waals surface area contributed by atoms with E-state index in [2.05, 4.69) is 34.2 Å². The highest BCUT2D eigenvalue weighted by Crippen LogP contribution is 2.32. The monoisotopic (exact) mass is 188 g/mol. The third kappa shape index (κ3) is 2.90. The van der Waals surface area contributed by atoms with E-state index in [1.165, 1.54) is 18.9 Å². The van der Waals surface area contributed by atoms with Gasteiger partial charge in [0.1, 0.15) is 0 Å². The zero-order chi connectivity index (χ0) is 9.61. The number of hydrogen-bond acceptors (Lipinski definition) is 1. The Balaban J connectivity index is 4.24. The van der Waals surface area contributed by atoms with Gasteiger partial charge in [-0.15, -0.1) is 0 Å². The van der Waals surface area contributed by atoms with E-state index in [-0.39, 0.29) is 0 Å². The second-order valence-corrected chi connectivity index (χ2v) is 8.05. The summed E-state index contributed by atoms with van der Waals surface area (Å²) < 4.78 is 5.96. The summed E-state index contributed by atoms with van der Waals surface area (Å²) in [6.45, 7) is 12.2. The smallest absolute Gasteiger partial charge is 0.192 e. The minimum Gasteiger partial charge on any atom is -0.417 e. The average molecular weight is 188 g/mol. The molecule has 2 heteroatoms. The van der Waals surface area contributed by atoms with E-state index in [0.29, 0.717) is 0 Å². The zero-order valence-electron chi connectivity index (χ0n) is 9.31. The van der Waals surface area contributed by atoms with Gasteiger partial charge in [0.25, 0.3) is 0 Å². The van der Waals surface area contributed by atoms with Crippen LogP contribution in [0.15, 0.2) is 0 Å². The summed E-state index contributed by atoms with van der Waals surface area (Å²) in [5.41, 5.74) is 0.849. The highest BCUT2D eigenvalue weighted by atomic mass is 28.4. The van der Waals surface area contributed by atoms with Gasteiger partial charge in [-0.05, 0) is 25.1 Å². The molecule has 0 N–H and O–H groups in total. The summed E-state index contributed by atoms with van der Waals surface area (Å²) >= 11 is 0. The van der Waals surface area contributed by atoms with E-state index < -0.39 is 8.32 Å². The Hall–Kier alpha value is 0.177. The third-order valence-electron chi connectivity index (χ3n) is 3.03. The lowest BCUT2D eigenvalue weighted by Gasteiger charge is -2.33. The second-order valence-electron chi connectivity index (χ2n) is 3.61. The van der Waals surface area contributed by atoms with Crippen molar-refractivity contribution in [3.63, 3.8) is 0 Å². The Bertz CT molecular complexity index is 112. The van der Waals surface area contributed by atoms with E-state index in [1.807, 2.05) is 0 Å². The van der Waals surface area contributed by atoms with Crippen LogP contribution in [0.4, 0.5) is 0 Å². The minimum atomic E-state index is -1.35. The lowest BCUT2D eigenvalue weighted by molar-refractivity contribution is 0.311. The minimum absolute atomic E-state index is 0.849. The van der Waals surface area contributed by atoms with Gasteiger partial charge in [0.2, 0.25) is 0 Å². The summed E-state index contributed by atoms with van der Waals surface area (Å²) in [7, 11) is -1.35. The average Bonchev–Trinajstić information content (AvgIpc) is 2.07. The van der Waals surface area contributed by atoms with E-state index in [9.17, 15) is 0 Å². The Morgan fingerprint density at radius 2 is 1.58 bits per heavy atom. The molecule has 1 nitrogen and oxygen atoms in total. The SMILES string of the molecule is CCO[Si](C)(CC)C(CC)CC. The second kappa shape index (κ2) is 5.76. The maximum absolute atomic E-state index is 5.96. The number of hydrogen-bond donors (Lipinski definition) is 0. The molecule has 0 spiro atoms. The fourth-order valence-electron chi connectivity index (χ4n) is 1.99. The molecule has 0 radical (unpaired) electrons. The summed E-state index contributed by atoms with van der Waals surface area (Å²) in [5.74, 6) is 0. The van der Waals surface area contributed by atoms with Gasteiger partial charge in [-0.3, -0.25) is 0 Å². The molecular formula is C10H24OSi. The van der Waals surface area contributed by atoms with Crippen LogP contribution in [-0.4, -0.2) is 14.9 Å². The van der Waals surface area contributed by atoms with Crippen LogP contribution >= 0.6 is 0 Å². The van der Waals surface area contributed by atoms with Crippen molar-refractivity contribution >= 4 is 8.32 Å². The molecule has 0 aromatic heterocycles. The molecule has 0 rings (SSSR count). The predicted molar refractivity (Wildman–Crippen MR) is 58.1 cm³/mol. The summed E-state index contributed by atoms with van der Waals surface area (Å²) in [6.07, 6.45) is 2.57. The molecule has 0 aliphatic rings. The molecule has 0 aliphatic heterocycles. The van der Waals surface area contributed by atoms with Crippen LogP contribution in [0.3, 0.4) is 0 Å². The molecule has 1 atom stereocenters. The van der Waals surface area contributed by atoms with Crippen molar-refractivity contribution in [3.05, 3.63) is 0 Å². The van der Waals surface area contributed by atoms with E-state index in [4.69, 9.17) is 4.43 Å². The predicted octanol–water partition coefficient (Wildman–Crippen LogP) is 3.81. The summed E-state index contributed by atoms with van der Waals surface area (Å²) in [4.78, 5) is 0. The third-order valence-corrected chi connectivity index (χ3v) is 7.92. The van der Waals surface area contributed by atoms with Crippen molar-refractivity contribution in [2.24, 2.45) is 0 Å². The standard InChI is InChI=1S/C10H24OSi/c1-6-10(7-2)12(5,9-4)11-8-3/h10H,6-9H2,1-5H3. The van der Waals surface area contributed by atoms with Crippen LogP contribution in [0, 0.1) is 0 Å². The highest BCUT2D eigenvalue weighted by Gasteiger charge is 2.33. The van der Waals surface area contributed by atoms with Crippen molar-refractivity contribution in [1.29, 1.82) is 0 Å². The molecule has 0 saturated carbocycles. The quantitative estimate of drug-likeness (QED) is 0.576. The van der Waals surface area contributed by atoms with E-state index in [0.717, 1.165) is 12.1 Å². The Morgan fingerprint density at radius 3 is 1.83 bits per heavy atom. The molecule has 0 bridgehead atoms. The van der Waals surface area contributed by atoms with Crippen LogP contribution in [-0.2, 0) is 4.43 Å². The normalized spacial score (nSPS) is 16.5. The lowest BCUT2D eigenvalue weighted by Crippen LogP contribution is -2.39. The number of rotatable bonds is 6. The van der Waals surface area contributed by atoms with Crippen molar-refractivity contribution in [2.75, 3.05) is 6.61 Å². The van der Waals surface area contributed by atoms with Crippen LogP contribution in [0.2, 0.25) is 18.1 Å². The van der Waals surface area contributed by atoms with Gasteiger partial charge in [-0.25, -0.2) is 0 Å². The Morgan fingerprint density at radius 1 is 1.08 bits per heavy atom. The van der Waals surface area contributed by atoms with E-state index >= 15 is 0 Å². The summed E-state index contributed by atoms with van der Waals surface area (Å²) in [5, 5.41) is 0. The Labute approximate surface area is 78.6 Å². The van der Waals surface area contributed by atoms with Gasteiger partial charge in [0, 0.05) is 6.61 Å². The molecule has 12 heavy (non-hydrogen) atoms. The molecule has 0 aliphatic carbocycles. The van der Waals surface area contributed by atoms with E-state index in [1.54, 1.807) is 0 Å². The maximum Gasteiger partial charge on any atom is 0.192 e. The first-order valence-electron chi connectivity index (χ1n) is 5.28. The molecular weight excluding hydrogens is 164 g/mol. The van der Waals surface area contributed by atoms with Gasteiger partial charge >= 0.3 is 0 Å². The van der Waals surface area contributed by atoms with Crippen molar-refractivity contribution in [3.8, 4) is 0 Å². The lowest BCUT2D eigenvalue weighted by atomic mass is 10.3. The van der Waals surface area contributed by atoms with Crippen molar-refractivity contribution in [1.82, 2.24) is 0 Å². The molecule has 0 aromatic rings. The zero-order valence-corrected chi connectivity index (χ0v) is 10.3. The fourth-order valence-corrected chi connectivity index (χ4v) is 5.39. The van der Waals surface area contributed by atoms with Gasteiger partial charge in [0.15, 0.2) is 8.32 Å². The van der Waals surface area contributed by atoms with Crippen LogP contribution in [0.25, 0.3) is 0 Å². The Kier molecular flexibility index (Phi) is 5.84. The molecule has 1 unspecified atom stereocenters. The van der Waals surface area contributed by atoms with Crippen LogP contribution in [0.5, 0.6) is 0 Å². The fraction of sp³-hybridized carbons (Fsp3) is 1.00. The molecule has 0 aromatic carbocycles. The van der Waals surface area contributed by atoms with Crippen LogP contribution in [0.1, 0.15) is 40.5 Å². The molecule has 0 fully saturated rings. The molecule has 74 valence electrons. The first-order valence-corrected chi connectivity index (χ1v) is 7.97. The van der Waals surface area contributed by atoms with Gasteiger partial charge in [-0.2, -0.15) is 0 Å². The first kappa shape index (κ1) is 12.2. The van der Waals surface area contributed by atoms with Crippen molar-refractivity contribution < 1.29 is 4.43 Å². The summed E-state index contributed by atoms with van der Waals surface area (Å²) in [6, 6.07) is 1.26.